The van der Waals surface area contributed by atoms with Gasteiger partial charge in [-0.05, 0) is 49.2 Å². The highest BCUT2D eigenvalue weighted by Gasteiger charge is 1.89. The van der Waals surface area contributed by atoms with E-state index in [1.54, 1.807) is 0 Å². The maximum Gasteiger partial charge on any atom is 0.0314 e. The van der Waals surface area contributed by atoms with Crippen molar-refractivity contribution in [3.05, 3.63) is 65.7 Å². The Morgan fingerprint density at radius 3 is 1.70 bits per heavy atom. The maximum atomic E-state index is 5.65. The highest BCUT2D eigenvalue weighted by atomic mass is 14.5. The number of benzene rings is 2. The van der Waals surface area contributed by atoms with E-state index in [0.29, 0.717) is 0 Å². The van der Waals surface area contributed by atoms with Crippen LogP contribution >= 0.6 is 0 Å². The van der Waals surface area contributed by atoms with Crippen LogP contribution in [0.2, 0.25) is 0 Å². The molecule has 0 radical (unpaired) electrons. The number of nitrogen functional groups attached to an aromatic ring is 1. The van der Waals surface area contributed by atoms with Gasteiger partial charge in [-0.1, -0.05) is 54.7 Å². The van der Waals surface area contributed by atoms with E-state index in [2.05, 4.69) is 23.7 Å². The van der Waals surface area contributed by atoms with E-state index in [9.17, 15) is 0 Å². The Labute approximate surface area is 139 Å². The summed E-state index contributed by atoms with van der Waals surface area (Å²) in [6, 6.07) is 17.9. The zero-order valence-corrected chi connectivity index (χ0v) is 13.5. The van der Waals surface area contributed by atoms with Gasteiger partial charge in [-0.15, -0.1) is 0 Å². The van der Waals surface area contributed by atoms with Crippen LogP contribution in [0.25, 0.3) is 0 Å². The van der Waals surface area contributed by atoms with Crippen molar-refractivity contribution in [1.29, 1.82) is 0 Å². The lowest BCUT2D eigenvalue weighted by molar-refractivity contribution is 0.661. The predicted octanol–water partition coefficient (Wildman–Crippen LogP) is 5.01. The molecule has 0 aliphatic carbocycles. The van der Waals surface area contributed by atoms with Crippen LogP contribution in [-0.2, 0) is 0 Å². The van der Waals surface area contributed by atoms with Crippen molar-refractivity contribution in [3.63, 3.8) is 0 Å². The van der Waals surface area contributed by atoms with Crippen molar-refractivity contribution in [2.24, 2.45) is 0 Å². The molecule has 0 aliphatic rings. The van der Waals surface area contributed by atoms with Gasteiger partial charge in [0.1, 0.15) is 0 Å². The van der Waals surface area contributed by atoms with Crippen molar-refractivity contribution < 1.29 is 0 Å². The highest BCUT2D eigenvalue weighted by molar-refractivity contribution is 5.44. The molecule has 1 nitrogen and oxygen atoms in total. The normalized spacial score (nSPS) is 9.39. The molecule has 2 aromatic rings. The Morgan fingerprint density at radius 1 is 0.609 bits per heavy atom. The van der Waals surface area contributed by atoms with Gasteiger partial charge >= 0.3 is 0 Å². The average Bonchev–Trinajstić information content (AvgIpc) is 2.59. The molecule has 2 aromatic carbocycles. The standard InChI is InChI=1S/C22H23N/c23-22-18-16-21(17-19-22)15-9-6-4-2-1-3-5-8-12-20-13-10-7-11-14-20/h7,10-11,13-14,16-19H,1-6,23H2. The van der Waals surface area contributed by atoms with E-state index in [1.165, 1.54) is 19.3 Å². The summed E-state index contributed by atoms with van der Waals surface area (Å²) < 4.78 is 0. The average molecular weight is 301 g/mol. The van der Waals surface area contributed by atoms with Gasteiger partial charge in [0, 0.05) is 29.7 Å². The van der Waals surface area contributed by atoms with E-state index in [-0.39, 0.29) is 0 Å². The third-order valence-electron chi connectivity index (χ3n) is 3.50. The van der Waals surface area contributed by atoms with Gasteiger partial charge in [0.25, 0.3) is 0 Å². The predicted molar refractivity (Wildman–Crippen MR) is 98.8 cm³/mol. The Hall–Kier alpha value is -2.64. The molecule has 0 aliphatic heterocycles. The van der Waals surface area contributed by atoms with Gasteiger partial charge in [0.15, 0.2) is 0 Å². The summed E-state index contributed by atoms with van der Waals surface area (Å²) in [5.74, 6) is 12.8. The van der Waals surface area contributed by atoms with Crippen LogP contribution in [0.4, 0.5) is 5.69 Å². The Morgan fingerprint density at radius 2 is 1.13 bits per heavy atom. The second-order valence-corrected chi connectivity index (χ2v) is 5.51. The first-order valence-electron chi connectivity index (χ1n) is 8.23. The lowest BCUT2D eigenvalue weighted by atomic mass is 10.1. The summed E-state index contributed by atoms with van der Waals surface area (Å²) in [5.41, 5.74) is 8.57. The molecule has 0 atom stereocenters. The van der Waals surface area contributed by atoms with Crippen LogP contribution in [0.5, 0.6) is 0 Å². The summed E-state index contributed by atoms with van der Waals surface area (Å²) in [5, 5.41) is 0. The molecule has 0 aromatic heterocycles. The second kappa shape index (κ2) is 10.1. The topological polar surface area (TPSA) is 26.0 Å². The van der Waals surface area contributed by atoms with E-state index in [1.807, 2.05) is 54.6 Å². The first-order chi connectivity index (χ1) is 11.3. The number of nitrogens with two attached hydrogens (primary N) is 1. The number of rotatable bonds is 5. The minimum atomic E-state index is 0.783. The number of hydrogen-bond donors (Lipinski definition) is 1. The quantitative estimate of drug-likeness (QED) is 0.469. The Balaban J connectivity index is 1.53. The fraction of sp³-hybridized carbons (Fsp3) is 0.273. The Kier molecular flexibility index (Phi) is 7.38. The lowest BCUT2D eigenvalue weighted by Crippen LogP contribution is -1.83. The first kappa shape index (κ1) is 16.7. The smallest absolute Gasteiger partial charge is 0.0314 e. The van der Waals surface area contributed by atoms with Crippen molar-refractivity contribution in [2.75, 3.05) is 5.73 Å². The number of anilines is 1. The lowest BCUT2D eigenvalue weighted by Gasteiger charge is -1.95. The summed E-state index contributed by atoms with van der Waals surface area (Å²) >= 11 is 0. The SMILES string of the molecule is Nc1ccc(C#CCCCCCCC#Cc2ccccc2)cc1. The third kappa shape index (κ3) is 7.25. The maximum absolute atomic E-state index is 5.65. The van der Waals surface area contributed by atoms with Crippen LogP contribution < -0.4 is 5.73 Å². The van der Waals surface area contributed by atoms with Gasteiger partial charge in [0.2, 0.25) is 0 Å². The van der Waals surface area contributed by atoms with Crippen LogP contribution in [-0.4, -0.2) is 0 Å². The van der Waals surface area contributed by atoms with Crippen LogP contribution in [0.15, 0.2) is 54.6 Å². The molecule has 0 unspecified atom stereocenters. The van der Waals surface area contributed by atoms with Gasteiger partial charge in [-0.25, -0.2) is 0 Å². The van der Waals surface area contributed by atoms with Gasteiger partial charge in [-0.2, -0.15) is 0 Å². The third-order valence-corrected chi connectivity index (χ3v) is 3.50. The van der Waals surface area contributed by atoms with Crippen LogP contribution in [0.3, 0.4) is 0 Å². The summed E-state index contributed by atoms with van der Waals surface area (Å²) in [4.78, 5) is 0. The van der Waals surface area contributed by atoms with Crippen LogP contribution in [0.1, 0.15) is 49.7 Å². The van der Waals surface area contributed by atoms with Crippen LogP contribution in [0, 0.1) is 23.7 Å². The molecule has 0 amide bonds. The number of hydrogen-bond acceptors (Lipinski definition) is 1. The minimum absolute atomic E-state index is 0.783. The summed E-state index contributed by atoms with van der Waals surface area (Å²) in [7, 11) is 0. The summed E-state index contributed by atoms with van der Waals surface area (Å²) in [6.07, 6.45) is 6.72. The van der Waals surface area contributed by atoms with E-state index in [4.69, 9.17) is 5.73 Å². The summed E-state index contributed by atoms with van der Waals surface area (Å²) in [6.45, 7) is 0. The molecular weight excluding hydrogens is 278 g/mol. The fourth-order valence-corrected chi connectivity index (χ4v) is 2.20. The molecule has 116 valence electrons. The zero-order chi connectivity index (χ0) is 16.2. The molecule has 0 saturated heterocycles. The second-order valence-electron chi connectivity index (χ2n) is 5.51. The molecule has 0 heterocycles. The number of unbranched alkanes of at least 4 members (excludes halogenated alkanes) is 5. The van der Waals surface area contributed by atoms with E-state index < -0.39 is 0 Å². The van der Waals surface area contributed by atoms with Gasteiger partial charge in [-0.3, -0.25) is 0 Å². The monoisotopic (exact) mass is 301 g/mol. The molecular formula is C22H23N. The first-order valence-corrected chi connectivity index (χ1v) is 8.23. The fourth-order valence-electron chi connectivity index (χ4n) is 2.20. The molecule has 23 heavy (non-hydrogen) atoms. The molecule has 0 bridgehead atoms. The van der Waals surface area contributed by atoms with E-state index in [0.717, 1.165) is 36.1 Å². The molecule has 2 rings (SSSR count). The van der Waals surface area contributed by atoms with Crippen molar-refractivity contribution >= 4 is 5.69 Å². The molecule has 0 saturated carbocycles. The zero-order valence-electron chi connectivity index (χ0n) is 13.5. The van der Waals surface area contributed by atoms with E-state index >= 15 is 0 Å². The molecule has 1 heteroatoms. The largest absolute Gasteiger partial charge is 0.399 e. The van der Waals surface area contributed by atoms with Gasteiger partial charge in [0.05, 0.1) is 0 Å². The van der Waals surface area contributed by atoms with Crippen molar-refractivity contribution in [2.45, 2.75) is 38.5 Å². The van der Waals surface area contributed by atoms with Crippen molar-refractivity contribution in [3.8, 4) is 23.7 Å². The van der Waals surface area contributed by atoms with Crippen molar-refractivity contribution in [1.82, 2.24) is 0 Å². The molecule has 0 spiro atoms. The molecule has 0 fully saturated rings. The molecule has 2 N–H and O–H groups in total. The Bertz CT molecular complexity index is 691. The highest BCUT2D eigenvalue weighted by Crippen LogP contribution is 2.06. The minimum Gasteiger partial charge on any atom is -0.399 e. The van der Waals surface area contributed by atoms with Gasteiger partial charge < -0.3 is 5.73 Å².